The molecule has 1 aromatic heterocycles. The molecule has 2 rings (SSSR count). The van der Waals surface area contributed by atoms with Gasteiger partial charge >= 0.3 is 5.97 Å². The van der Waals surface area contributed by atoms with Gasteiger partial charge in [-0.15, -0.1) is 0 Å². The first-order valence-electron chi connectivity index (χ1n) is 9.05. The minimum Gasteiger partial charge on any atom is -0.469 e. The minimum absolute atomic E-state index is 0.125. The summed E-state index contributed by atoms with van der Waals surface area (Å²) in [5, 5.41) is 0. The van der Waals surface area contributed by atoms with Crippen LogP contribution in [0.15, 0.2) is 47.1 Å². The Bertz CT molecular complexity index is 747. The molecule has 0 atom stereocenters. The molecule has 0 aliphatic rings. The van der Waals surface area contributed by atoms with Crippen molar-refractivity contribution >= 4 is 5.97 Å². The number of carbonyl (C=O) groups excluding carboxylic acids is 1. The van der Waals surface area contributed by atoms with Crippen molar-refractivity contribution in [1.82, 2.24) is 0 Å². The van der Waals surface area contributed by atoms with Crippen molar-refractivity contribution in [2.24, 2.45) is 0 Å². The largest absolute Gasteiger partial charge is 0.469 e. The van der Waals surface area contributed by atoms with Crippen LogP contribution in [0.1, 0.15) is 64.0 Å². The van der Waals surface area contributed by atoms with Crippen molar-refractivity contribution in [2.45, 2.75) is 65.7 Å². The SMILES string of the molecule is Cc1cc(C(C)(C)C)c(OC(=O)/C=C/Cc2ccco2)c(C(C)(C)C)c1. The van der Waals surface area contributed by atoms with Gasteiger partial charge in [0.05, 0.1) is 6.26 Å². The summed E-state index contributed by atoms with van der Waals surface area (Å²) in [6.07, 6.45) is 5.43. The van der Waals surface area contributed by atoms with Crippen LogP contribution in [0.25, 0.3) is 0 Å². The lowest BCUT2D eigenvalue weighted by atomic mass is 9.78. The predicted molar refractivity (Wildman–Crippen MR) is 106 cm³/mol. The summed E-state index contributed by atoms with van der Waals surface area (Å²) in [5.41, 5.74) is 3.03. The molecule has 140 valence electrons. The van der Waals surface area contributed by atoms with Crippen molar-refractivity contribution in [3.63, 3.8) is 0 Å². The van der Waals surface area contributed by atoms with E-state index in [1.807, 2.05) is 12.1 Å². The average Bonchev–Trinajstić information content (AvgIpc) is 2.99. The first kappa shape index (κ1) is 20.0. The molecule has 1 heterocycles. The van der Waals surface area contributed by atoms with Crippen LogP contribution in [0, 0.1) is 6.92 Å². The van der Waals surface area contributed by atoms with E-state index in [2.05, 4.69) is 60.6 Å². The molecule has 0 spiro atoms. The van der Waals surface area contributed by atoms with Crippen molar-refractivity contribution in [3.8, 4) is 5.75 Å². The van der Waals surface area contributed by atoms with E-state index < -0.39 is 0 Å². The molecule has 1 aromatic carbocycles. The van der Waals surface area contributed by atoms with Crippen LogP contribution in [0.3, 0.4) is 0 Å². The van der Waals surface area contributed by atoms with Gasteiger partial charge in [-0.2, -0.15) is 0 Å². The fraction of sp³-hybridized carbons (Fsp3) is 0.435. The van der Waals surface area contributed by atoms with Gasteiger partial charge in [-0.05, 0) is 29.9 Å². The molecule has 2 aromatic rings. The number of rotatable bonds is 4. The Morgan fingerprint density at radius 2 is 1.65 bits per heavy atom. The average molecular weight is 354 g/mol. The normalized spacial score (nSPS) is 12.6. The molecule has 0 fully saturated rings. The molecule has 0 unspecified atom stereocenters. The van der Waals surface area contributed by atoms with Crippen LogP contribution in [-0.2, 0) is 22.0 Å². The Labute approximate surface area is 157 Å². The van der Waals surface area contributed by atoms with E-state index in [0.717, 1.165) is 16.9 Å². The lowest BCUT2D eigenvalue weighted by Crippen LogP contribution is -2.21. The standard InChI is InChI=1S/C23H30O3/c1-16-14-18(22(2,3)4)21(19(15-16)23(5,6)7)26-20(24)12-8-10-17-11-9-13-25-17/h8-9,11-15H,10H2,1-7H3/b12-8+. The number of furan rings is 1. The lowest BCUT2D eigenvalue weighted by Gasteiger charge is -2.29. The Morgan fingerprint density at radius 1 is 1.08 bits per heavy atom. The Morgan fingerprint density at radius 3 is 2.12 bits per heavy atom. The highest BCUT2D eigenvalue weighted by atomic mass is 16.5. The van der Waals surface area contributed by atoms with Crippen LogP contribution < -0.4 is 4.74 Å². The van der Waals surface area contributed by atoms with Crippen molar-refractivity contribution < 1.29 is 13.9 Å². The zero-order chi connectivity index (χ0) is 19.5. The second-order valence-electron chi connectivity index (χ2n) is 8.80. The van der Waals surface area contributed by atoms with E-state index in [0.29, 0.717) is 12.2 Å². The number of hydrogen-bond donors (Lipinski definition) is 0. The van der Waals surface area contributed by atoms with E-state index >= 15 is 0 Å². The van der Waals surface area contributed by atoms with E-state index in [1.165, 1.54) is 11.6 Å². The summed E-state index contributed by atoms with van der Waals surface area (Å²) in [6.45, 7) is 14.9. The van der Waals surface area contributed by atoms with Gasteiger partial charge in [0, 0.05) is 23.6 Å². The van der Waals surface area contributed by atoms with Crippen LogP contribution in [-0.4, -0.2) is 5.97 Å². The van der Waals surface area contributed by atoms with Gasteiger partial charge in [0.25, 0.3) is 0 Å². The van der Waals surface area contributed by atoms with Crippen LogP contribution in [0.2, 0.25) is 0 Å². The summed E-state index contributed by atoms with van der Waals surface area (Å²) in [5.74, 6) is 1.13. The third kappa shape index (κ3) is 5.10. The lowest BCUT2D eigenvalue weighted by molar-refractivity contribution is -0.129. The molecule has 0 bridgehead atoms. The fourth-order valence-electron chi connectivity index (χ4n) is 2.83. The van der Waals surface area contributed by atoms with Gasteiger partial charge in [-0.1, -0.05) is 65.3 Å². The topological polar surface area (TPSA) is 39.4 Å². The number of aryl methyl sites for hydroxylation is 1. The zero-order valence-corrected chi connectivity index (χ0v) is 17.0. The van der Waals surface area contributed by atoms with E-state index in [1.54, 1.807) is 12.3 Å². The fourth-order valence-corrected chi connectivity index (χ4v) is 2.83. The van der Waals surface area contributed by atoms with Gasteiger partial charge in [0.1, 0.15) is 11.5 Å². The van der Waals surface area contributed by atoms with Crippen LogP contribution >= 0.6 is 0 Å². The third-order valence-electron chi connectivity index (χ3n) is 4.21. The quantitative estimate of drug-likeness (QED) is 0.390. The smallest absolute Gasteiger partial charge is 0.335 e. The summed E-state index contributed by atoms with van der Waals surface area (Å²) < 4.78 is 11.1. The molecule has 26 heavy (non-hydrogen) atoms. The maximum atomic E-state index is 12.4. The molecule has 0 aliphatic heterocycles. The van der Waals surface area contributed by atoms with Gasteiger partial charge < -0.3 is 9.15 Å². The molecule has 0 N–H and O–H groups in total. The highest BCUT2D eigenvalue weighted by molar-refractivity contribution is 5.84. The number of carbonyl (C=O) groups is 1. The molecule has 3 heteroatoms. The second-order valence-corrected chi connectivity index (χ2v) is 8.80. The maximum Gasteiger partial charge on any atom is 0.335 e. The van der Waals surface area contributed by atoms with Gasteiger partial charge in [0.15, 0.2) is 0 Å². The molecule has 0 saturated heterocycles. The first-order chi connectivity index (χ1) is 12.0. The van der Waals surface area contributed by atoms with Gasteiger partial charge in [0.2, 0.25) is 0 Å². The molecular formula is C23H30O3. The molecule has 0 saturated carbocycles. The number of ether oxygens (including phenoxy) is 1. The summed E-state index contributed by atoms with van der Waals surface area (Å²) in [4.78, 5) is 12.4. The third-order valence-corrected chi connectivity index (χ3v) is 4.21. The van der Waals surface area contributed by atoms with Crippen molar-refractivity contribution in [1.29, 1.82) is 0 Å². The summed E-state index contributed by atoms with van der Waals surface area (Å²) in [6, 6.07) is 7.94. The Kier molecular flexibility index (Phi) is 5.80. The van der Waals surface area contributed by atoms with Gasteiger partial charge in [-0.3, -0.25) is 0 Å². The molecule has 3 nitrogen and oxygen atoms in total. The van der Waals surface area contributed by atoms with E-state index in [-0.39, 0.29) is 16.8 Å². The molecule has 0 amide bonds. The summed E-state index contributed by atoms with van der Waals surface area (Å²) >= 11 is 0. The number of allylic oxidation sites excluding steroid dienone is 1. The zero-order valence-electron chi connectivity index (χ0n) is 17.0. The van der Waals surface area contributed by atoms with Crippen molar-refractivity contribution in [2.75, 3.05) is 0 Å². The van der Waals surface area contributed by atoms with Crippen molar-refractivity contribution in [3.05, 3.63) is 65.1 Å². The first-order valence-corrected chi connectivity index (χ1v) is 9.05. The van der Waals surface area contributed by atoms with Crippen LogP contribution in [0.5, 0.6) is 5.75 Å². The highest BCUT2D eigenvalue weighted by Gasteiger charge is 2.28. The molecule has 0 aliphatic carbocycles. The number of esters is 1. The maximum absolute atomic E-state index is 12.4. The number of hydrogen-bond acceptors (Lipinski definition) is 3. The number of benzene rings is 1. The van der Waals surface area contributed by atoms with E-state index in [9.17, 15) is 4.79 Å². The predicted octanol–water partition coefficient (Wildman–Crippen LogP) is 5.89. The molecular weight excluding hydrogens is 324 g/mol. The van der Waals surface area contributed by atoms with E-state index in [4.69, 9.17) is 9.15 Å². The second kappa shape index (κ2) is 7.53. The minimum atomic E-state index is -0.364. The Hall–Kier alpha value is -2.29. The highest BCUT2D eigenvalue weighted by Crippen LogP contribution is 2.40. The molecule has 0 radical (unpaired) electrons. The monoisotopic (exact) mass is 354 g/mol. The Balaban J connectivity index is 2.34. The van der Waals surface area contributed by atoms with Gasteiger partial charge in [-0.25, -0.2) is 4.79 Å². The van der Waals surface area contributed by atoms with Crippen LogP contribution in [0.4, 0.5) is 0 Å². The summed E-state index contributed by atoms with van der Waals surface area (Å²) in [7, 11) is 0.